The first kappa shape index (κ1) is 33.1. The predicted octanol–water partition coefficient (Wildman–Crippen LogP) is 8.27. The zero-order valence-corrected chi connectivity index (χ0v) is 28.9. The van der Waals surface area contributed by atoms with Gasteiger partial charge in [-0.2, -0.15) is 0 Å². The van der Waals surface area contributed by atoms with Crippen molar-refractivity contribution in [3.8, 4) is 0 Å². The Labute approximate surface area is 255 Å². The van der Waals surface area contributed by atoms with Crippen molar-refractivity contribution in [2.24, 2.45) is 11.5 Å². The number of benzene rings is 3. The van der Waals surface area contributed by atoms with Crippen LogP contribution in [0.4, 0.5) is 0 Å². The molecule has 0 aliphatic carbocycles. The van der Waals surface area contributed by atoms with Crippen LogP contribution in [-0.4, -0.2) is 22.6 Å². The number of halogens is 2. The molecular weight excluding hydrogens is 646 g/mol. The maximum atomic E-state index is 6.15. The van der Waals surface area contributed by atoms with Crippen LogP contribution < -0.4 is 22.1 Å². The summed E-state index contributed by atoms with van der Waals surface area (Å²) in [5.74, 6) is 0. The summed E-state index contributed by atoms with van der Waals surface area (Å²) >= 11 is -0.346. The average Bonchev–Trinajstić information content (AvgIpc) is 3.48. The van der Waals surface area contributed by atoms with Gasteiger partial charge in [-0.25, -0.2) is 0 Å². The van der Waals surface area contributed by atoms with Gasteiger partial charge in [0.25, 0.3) is 0 Å². The van der Waals surface area contributed by atoms with Crippen molar-refractivity contribution in [2.45, 2.75) is 88.1 Å². The minimum absolute atomic E-state index is 0.163. The molecular formula is C32H46Cl2N2P2Ru+4. The van der Waals surface area contributed by atoms with Crippen molar-refractivity contribution in [1.82, 2.24) is 0 Å². The molecule has 0 spiro atoms. The van der Waals surface area contributed by atoms with Crippen molar-refractivity contribution in [2.75, 3.05) is 0 Å². The fourth-order valence-corrected chi connectivity index (χ4v) is 14.6. The molecule has 4 N–H and O–H groups in total. The zero-order chi connectivity index (χ0) is 28.4. The Morgan fingerprint density at radius 2 is 0.821 bits per heavy atom. The number of nitrogens with two attached hydrogens (primary N) is 2. The molecule has 39 heavy (non-hydrogen) atoms. The van der Waals surface area contributed by atoms with Crippen molar-refractivity contribution >= 4 is 45.8 Å². The predicted molar refractivity (Wildman–Crippen MR) is 177 cm³/mol. The summed E-state index contributed by atoms with van der Waals surface area (Å²) in [6.45, 7) is 10.1. The molecule has 0 saturated carbocycles. The molecule has 7 heteroatoms. The monoisotopic (exact) mass is 692 g/mol. The van der Waals surface area contributed by atoms with Crippen LogP contribution in [0.25, 0.3) is 0 Å². The normalized spacial score (nSPS) is 27.5. The molecule has 2 nitrogen and oxygen atoms in total. The van der Waals surface area contributed by atoms with Crippen LogP contribution >= 0.6 is 35.2 Å². The van der Waals surface area contributed by atoms with Crippen LogP contribution in [0.2, 0.25) is 0 Å². The van der Waals surface area contributed by atoms with Gasteiger partial charge >= 0.3 is 34.5 Å². The van der Waals surface area contributed by atoms with E-state index in [0.717, 1.165) is 33.8 Å². The van der Waals surface area contributed by atoms with Crippen LogP contribution in [0.3, 0.4) is 0 Å². The van der Waals surface area contributed by atoms with E-state index >= 15 is 0 Å². The van der Waals surface area contributed by atoms with Crippen LogP contribution in [0.15, 0.2) is 84.9 Å². The summed E-state index contributed by atoms with van der Waals surface area (Å²) in [7, 11) is 9.04. The number of hydrogen-bond donors (Lipinski definition) is 2. The van der Waals surface area contributed by atoms with Gasteiger partial charge in [-0.3, -0.25) is 0 Å². The molecule has 2 saturated heterocycles. The Morgan fingerprint density at radius 1 is 0.564 bits per heavy atom. The Bertz CT molecular complexity index is 1000. The summed E-state index contributed by atoms with van der Waals surface area (Å²) in [6.07, 6.45) is 5.88. The molecule has 2 fully saturated rings. The second-order valence-electron chi connectivity index (χ2n) is 11.1. The molecule has 6 unspecified atom stereocenters. The molecule has 0 bridgehead atoms. The Balaban J connectivity index is 0.000000200. The third kappa shape index (κ3) is 9.06. The van der Waals surface area contributed by atoms with Gasteiger partial charge in [-0.05, 0) is 76.6 Å². The van der Waals surface area contributed by atoms with E-state index in [-0.39, 0.29) is 43.1 Å². The van der Waals surface area contributed by atoms with Gasteiger partial charge in [-0.15, -0.1) is 0 Å². The standard InChI is InChI=1S/C18H28P2.C14H16N2.2ClH.Ru/c1-13-9-10-14(2)19(13)17-7-5-6-8-18(17)20-15(3)11-12-16(20)4;15-13(11-7-3-1-4-8-11)14(16)12-9-5-2-6-10-12;;;/h5-8,13-16H,9-12H2,1-4H3;1-10,13-14H,15-16H2;2*1H;/q;;;;+4. The molecule has 0 aromatic heterocycles. The average molecular weight is 693 g/mol. The van der Waals surface area contributed by atoms with Crippen molar-refractivity contribution in [3.63, 3.8) is 0 Å². The summed E-state index contributed by atoms with van der Waals surface area (Å²) in [5.41, 5.74) is 18.3. The fourth-order valence-electron chi connectivity index (χ4n) is 6.41. The van der Waals surface area contributed by atoms with E-state index in [4.69, 9.17) is 30.8 Å². The molecule has 6 atom stereocenters. The van der Waals surface area contributed by atoms with Gasteiger partial charge in [0.15, 0.2) is 0 Å². The third-order valence-corrected chi connectivity index (χ3v) is 16.3. The summed E-state index contributed by atoms with van der Waals surface area (Å²) < 4.78 is 0. The van der Waals surface area contributed by atoms with E-state index in [9.17, 15) is 0 Å². The second kappa shape index (κ2) is 16.9. The van der Waals surface area contributed by atoms with Crippen LogP contribution in [0.5, 0.6) is 0 Å². The van der Waals surface area contributed by atoms with Gasteiger partial charge in [0.1, 0.15) is 10.6 Å². The van der Waals surface area contributed by atoms with Crippen LogP contribution in [0, 0.1) is 0 Å². The number of rotatable bonds is 5. The maximum absolute atomic E-state index is 6.15. The van der Waals surface area contributed by atoms with Crippen molar-refractivity contribution in [3.05, 3.63) is 96.1 Å². The Kier molecular flexibility index (Phi) is 14.4. The first-order valence-electron chi connectivity index (χ1n) is 14.1. The van der Waals surface area contributed by atoms with Gasteiger partial charge in [-0.1, -0.05) is 72.8 Å². The molecule has 0 amide bonds. The SMILES string of the molecule is CC1CCC(C)[PH+]1c1ccccc1[PH+]1C(C)CCC1C.NC(c1ccccc1)C(N)c1ccccc1.[Cl][Ru+2][Cl]. The van der Waals surface area contributed by atoms with E-state index in [1.165, 1.54) is 25.7 Å². The molecule has 0 radical (unpaired) electrons. The quantitative estimate of drug-likeness (QED) is 0.209. The second-order valence-corrected chi connectivity index (χ2v) is 20.6. The van der Waals surface area contributed by atoms with Crippen molar-refractivity contribution < 1.29 is 15.1 Å². The molecule has 3 aromatic rings. The van der Waals surface area contributed by atoms with Gasteiger partial charge in [0.2, 0.25) is 0 Å². The van der Waals surface area contributed by atoms with Crippen molar-refractivity contribution in [1.29, 1.82) is 0 Å². The van der Waals surface area contributed by atoms with E-state index < -0.39 is 0 Å². The van der Waals surface area contributed by atoms with E-state index in [1.807, 2.05) is 71.3 Å². The van der Waals surface area contributed by atoms with Gasteiger partial charge < -0.3 is 11.5 Å². The molecule has 5 rings (SSSR count). The molecule has 2 aliphatic heterocycles. The molecule has 2 heterocycles. The first-order chi connectivity index (χ1) is 18.8. The van der Waals surface area contributed by atoms with E-state index in [0.29, 0.717) is 0 Å². The molecule has 3 aromatic carbocycles. The summed E-state index contributed by atoms with van der Waals surface area (Å²) in [5, 5.41) is 3.67. The molecule has 2 aliphatic rings. The minimum atomic E-state index is -0.346. The Hall–Kier alpha value is -0.357. The van der Waals surface area contributed by atoms with E-state index in [2.05, 4.69) is 52.0 Å². The summed E-state index contributed by atoms with van der Waals surface area (Å²) in [4.78, 5) is 0. The topological polar surface area (TPSA) is 52.0 Å². The van der Waals surface area contributed by atoms with Crippen LogP contribution in [-0.2, 0) is 15.1 Å². The Morgan fingerprint density at radius 3 is 1.10 bits per heavy atom. The van der Waals surface area contributed by atoms with E-state index in [1.54, 1.807) is 0 Å². The molecule has 212 valence electrons. The third-order valence-electron chi connectivity index (χ3n) is 8.49. The first-order valence-corrected chi connectivity index (χ1v) is 21.9. The number of hydrogen-bond acceptors (Lipinski definition) is 2. The van der Waals surface area contributed by atoms with Crippen LogP contribution in [0.1, 0.15) is 76.6 Å². The van der Waals surface area contributed by atoms with Gasteiger partial charge in [0, 0.05) is 27.9 Å². The van der Waals surface area contributed by atoms with Gasteiger partial charge in [0.05, 0.1) is 22.6 Å². The zero-order valence-electron chi connectivity index (χ0n) is 23.6. The fraction of sp³-hybridized carbons (Fsp3) is 0.438. The summed E-state index contributed by atoms with van der Waals surface area (Å²) in [6, 6.07) is 29.2.